The van der Waals surface area contributed by atoms with Crippen molar-refractivity contribution in [2.75, 3.05) is 11.9 Å². The Kier molecular flexibility index (Phi) is 5.58. The molecule has 0 aliphatic rings. The molecule has 0 unspecified atom stereocenters. The van der Waals surface area contributed by atoms with Gasteiger partial charge in [-0.15, -0.1) is 0 Å². The zero-order chi connectivity index (χ0) is 20.1. The van der Waals surface area contributed by atoms with E-state index < -0.39 is 0 Å². The lowest BCUT2D eigenvalue weighted by Crippen LogP contribution is -2.10. The number of ether oxygens (including phenoxy) is 2. The van der Waals surface area contributed by atoms with Gasteiger partial charge in [-0.3, -0.25) is 4.79 Å². The highest BCUT2D eigenvalue weighted by Crippen LogP contribution is 2.26. The number of aromatic nitrogens is 2. The van der Waals surface area contributed by atoms with Gasteiger partial charge in [-0.05, 0) is 30.5 Å². The molecule has 0 aliphatic heterocycles. The molecule has 1 amide bonds. The van der Waals surface area contributed by atoms with Crippen molar-refractivity contribution in [3.8, 4) is 5.75 Å². The van der Waals surface area contributed by atoms with Crippen LogP contribution in [0.3, 0.4) is 0 Å². The average Bonchev–Trinajstić information content (AvgIpc) is 3.40. The maximum absolute atomic E-state index is 12.4. The minimum Gasteiger partial charge on any atom is -0.485 e. The molecule has 0 spiro atoms. The fourth-order valence-electron chi connectivity index (χ4n) is 2.92. The van der Waals surface area contributed by atoms with Crippen LogP contribution in [0.4, 0.5) is 5.69 Å². The second-order valence-electron chi connectivity index (χ2n) is 6.38. The molecule has 2 heterocycles. The summed E-state index contributed by atoms with van der Waals surface area (Å²) in [5.74, 6) is 1.19. The topological polar surface area (TPSA) is 78.5 Å². The van der Waals surface area contributed by atoms with Crippen LogP contribution in [0.15, 0.2) is 71.4 Å². The van der Waals surface area contributed by atoms with Crippen LogP contribution in [-0.2, 0) is 18.1 Å². The molecule has 0 saturated carbocycles. The molecule has 4 aromatic rings. The van der Waals surface area contributed by atoms with Crippen molar-refractivity contribution < 1.29 is 18.7 Å². The van der Waals surface area contributed by atoms with Gasteiger partial charge in [0.05, 0.1) is 18.1 Å². The van der Waals surface area contributed by atoms with Gasteiger partial charge in [-0.1, -0.05) is 36.4 Å². The molecular weight excluding hydrogens is 370 g/mol. The molecule has 0 saturated heterocycles. The number of amides is 1. The predicted octanol–water partition coefficient (Wildman–Crippen LogP) is 4.45. The van der Waals surface area contributed by atoms with Crippen molar-refractivity contribution in [2.24, 2.45) is 0 Å². The SMILES string of the molecule is CCOCn1cc(NC(=O)c2ccc(COc3cccc4ccccc34)o2)cn1. The molecule has 0 fully saturated rings. The normalized spacial score (nSPS) is 10.9. The van der Waals surface area contributed by atoms with Gasteiger partial charge in [0.2, 0.25) is 0 Å². The third kappa shape index (κ3) is 4.47. The first-order valence-corrected chi connectivity index (χ1v) is 9.34. The summed E-state index contributed by atoms with van der Waals surface area (Å²) in [6.45, 7) is 3.07. The summed E-state index contributed by atoms with van der Waals surface area (Å²) in [7, 11) is 0. The number of benzene rings is 2. The zero-order valence-electron chi connectivity index (χ0n) is 16.0. The van der Waals surface area contributed by atoms with Crippen LogP contribution in [0.1, 0.15) is 23.2 Å². The fraction of sp³-hybridized carbons (Fsp3) is 0.182. The third-order valence-corrected chi connectivity index (χ3v) is 4.32. The molecular formula is C22H21N3O4. The Balaban J connectivity index is 1.37. The van der Waals surface area contributed by atoms with E-state index in [1.807, 2.05) is 49.4 Å². The van der Waals surface area contributed by atoms with E-state index in [0.29, 0.717) is 24.8 Å². The van der Waals surface area contributed by atoms with Crippen molar-refractivity contribution in [3.05, 3.63) is 78.5 Å². The summed E-state index contributed by atoms with van der Waals surface area (Å²) in [6.07, 6.45) is 3.26. The number of carbonyl (C=O) groups is 1. The lowest BCUT2D eigenvalue weighted by Gasteiger charge is -2.07. The maximum Gasteiger partial charge on any atom is 0.291 e. The number of fused-ring (bicyclic) bond motifs is 1. The molecule has 4 rings (SSSR count). The van der Waals surface area contributed by atoms with Gasteiger partial charge in [0, 0.05) is 12.0 Å². The summed E-state index contributed by atoms with van der Waals surface area (Å²) in [6, 6.07) is 17.3. The first kappa shape index (κ1) is 18.8. The summed E-state index contributed by atoms with van der Waals surface area (Å²) < 4.78 is 18.4. The molecule has 2 aromatic heterocycles. The third-order valence-electron chi connectivity index (χ3n) is 4.32. The van der Waals surface area contributed by atoms with E-state index in [0.717, 1.165) is 16.5 Å². The van der Waals surface area contributed by atoms with E-state index in [1.54, 1.807) is 29.2 Å². The lowest BCUT2D eigenvalue weighted by atomic mass is 10.1. The van der Waals surface area contributed by atoms with Gasteiger partial charge in [0.1, 0.15) is 24.8 Å². The molecule has 29 heavy (non-hydrogen) atoms. The fourth-order valence-corrected chi connectivity index (χ4v) is 2.92. The predicted molar refractivity (Wildman–Crippen MR) is 109 cm³/mol. The van der Waals surface area contributed by atoms with E-state index >= 15 is 0 Å². The summed E-state index contributed by atoms with van der Waals surface area (Å²) in [5, 5.41) is 9.01. The summed E-state index contributed by atoms with van der Waals surface area (Å²) >= 11 is 0. The highest BCUT2D eigenvalue weighted by molar-refractivity contribution is 6.02. The molecule has 2 aromatic carbocycles. The van der Waals surface area contributed by atoms with Gasteiger partial charge >= 0.3 is 0 Å². The molecule has 0 radical (unpaired) electrons. The number of carbonyl (C=O) groups excluding carboxylic acids is 1. The second kappa shape index (κ2) is 8.62. The quantitative estimate of drug-likeness (QED) is 0.480. The van der Waals surface area contributed by atoms with E-state index in [9.17, 15) is 4.79 Å². The summed E-state index contributed by atoms with van der Waals surface area (Å²) in [5.41, 5.74) is 0.569. The zero-order valence-corrected chi connectivity index (χ0v) is 16.0. The van der Waals surface area contributed by atoms with Crippen LogP contribution >= 0.6 is 0 Å². The van der Waals surface area contributed by atoms with Crippen LogP contribution in [0.2, 0.25) is 0 Å². The molecule has 7 heteroatoms. The maximum atomic E-state index is 12.4. The molecule has 0 atom stereocenters. The van der Waals surface area contributed by atoms with Crippen molar-refractivity contribution in [1.82, 2.24) is 9.78 Å². The smallest absolute Gasteiger partial charge is 0.291 e. The minimum atomic E-state index is -0.350. The van der Waals surface area contributed by atoms with Gasteiger partial charge in [-0.25, -0.2) is 4.68 Å². The van der Waals surface area contributed by atoms with E-state index in [2.05, 4.69) is 10.4 Å². The number of furan rings is 1. The monoisotopic (exact) mass is 391 g/mol. The Labute approximate surface area is 167 Å². The average molecular weight is 391 g/mol. The first-order valence-electron chi connectivity index (χ1n) is 9.34. The van der Waals surface area contributed by atoms with Crippen LogP contribution < -0.4 is 10.1 Å². The van der Waals surface area contributed by atoms with Crippen molar-refractivity contribution in [1.29, 1.82) is 0 Å². The lowest BCUT2D eigenvalue weighted by molar-refractivity contribution is 0.0792. The summed E-state index contributed by atoms with van der Waals surface area (Å²) in [4.78, 5) is 12.4. The van der Waals surface area contributed by atoms with E-state index in [4.69, 9.17) is 13.9 Å². The van der Waals surface area contributed by atoms with Crippen LogP contribution in [0.25, 0.3) is 10.8 Å². The Morgan fingerprint density at radius 1 is 1.14 bits per heavy atom. The number of hydrogen-bond acceptors (Lipinski definition) is 5. The standard InChI is InChI=1S/C22H21N3O4/c1-2-27-15-25-13-17(12-23-25)24-22(26)21-11-10-18(29-21)14-28-20-9-5-7-16-6-3-4-8-19(16)20/h3-13H,2,14-15H2,1H3,(H,24,26). The van der Waals surface area contributed by atoms with Crippen molar-refractivity contribution in [2.45, 2.75) is 20.3 Å². The number of nitrogens with zero attached hydrogens (tertiary/aromatic N) is 2. The van der Waals surface area contributed by atoms with Gasteiger partial charge < -0.3 is 19.2 Å². The van der Waals surface area contributed by atoms with E-state index in [-0.39, 0.29) is 18.3 Å². The van der Waals surface area contributed by atoms with Gasteiger partial charge in [0.15, 0.2) is 5.76 Å². The van der Waals surface area contributed by atoms with E-state index in [1.165, 1.54) is 0 Å². The largest absolute Gasteiger partial charge is 0.485 e. The number of anilines is 1. The number of rotatable bonds is 8. The highest BCUT2D eigenvalue weighted by Gasteiger charge is 2.13. The first-order chi connectivity index (χ1) is 14.2. The van der Waals surface area contributed by atoms with Crippen molar-refractivity contribution in [3.63, 3.8) is 0 Å². The number of nitrogens with one attached hydrogen (secondary N) is 1. The van der Waals surface area contributed by atoms with Crippen molar-refractivity contribution >= 4 is 22.4 Å². The Bertz CT molecular complexity index is 1110. The minimum absolute atomic E-state index is 0.207. The van der Waals surface area contributed by atoms with Crippen LogP contribution in [0.5, 0.6) is 5.75 Å². The molecule has 1 N–H and O–H groups in total. The highest BCUT2D eigenvalue weighted by atomic mass is 16.5. The van der Waals surface area contributed by atoms with Gasteiger partial charge in [-0.2, -0.15) is 5.10 Å². The molecule has 148 valence electrons. The van der Waals surface area contributed by atoms with Crippen LogP contribution in [-0.4, -0.2) is 22.3 Å². The van der Waals surface area contributed by atoms with Gasteiger partial charge in [0.25, 0.3) is 5.91 Å². The second-order valence-corrected chi connectivity index (χ2v) is 6.38. The molecule has 0 aliphatic carbocycles. The Morgan fingerprint density at radius 2 is 2.00 bits per heavy atom. The van der Waals surface area contributed by atoms with Crippen LogP contribution in [0, 0.1) is 0 Å². The number of hydrogen-bond donors (Lipinski definition) is 1. The Hall–Kier alpha value is -3.58. The molecule has 7 nitrogen and oxygen atoms in total. The molecule has 0 bridgehead atoms. The Morgan fingerprint density at radius 3 is 2.90 bits per heavy atom.